The fourth-order valence-corrected chi connectivity index (χ4v) is 9.54. The average Bonchev–Trinajstić information content (AvgIpc) is 3.55. The molecule has 12 nitrogen and oxygen atoms in total. The highest BCUT2D eigenvalue weighted by Gasteiger charge is 2.57. The number of hydroxylamine groups is 2. The Morgan fingerprint density at radius 2 is 1.81 bits per heavy atom. The highest BCUT2D eigenvalue weighted by atomic mass is 16.7. The predicted octanol–water partition coefficient (Wildman–Crippen LogP) is 4.02. The van der Waals surface area contributed by atoms with E-state index in [1.807, 2.05) is 73.4 Å². The van der Waals surface area contributed by atoms with Crippen LogP contribution in [0.2, 0.25) is 0 Å². The zero-order valence-corrected chi connectivity index (χ0v) is 35.7. The van der Waals surface area contributed by atoms with Gasteiger partial charge in [-0.05, 0) is 86.7 Å². The topological polar surface area (TPSA) is 147 Å². The molecular formula is C46H67N5O7. The molecule has 0 unspecified atom stereocenters. The van der Waals surface area contributed by atoms with E-state index in [1.54, 1.807) is 25.2 Å². The number of para-hydroxylation sites is 1. The Labute approximate surface area is 345 Å². The summed E-state index contributed by atoms with van der Waals surface area (Å²) in [4.78, 5) is 38.0. The van der Waals surface area contributed by atoms with Crippen LogP contribution >= 0.6 is 0 Å². The van der Waals surface area contributed by atoms with Gasteiger partial charge in [-0.25, -0.2) is 0 Å². The number of aliphatic hydroxyl groups is 3. The predicted molar refractivity (Wildman–Crippen MR) is 227 cm³/mol. The molecule has 1 heterocycles. The number of hydrogen-bond acceptors (Lipinski definition) is 10. The van der Waals surface area contributed by atoms with E-state index in [0.29, 0.717) is 65.4 Å². The van der Waals surface area contributed by atoms with Crippen LogP contribution in [0.5, 0.6) is 5.75 Å². The molecule has 1 aliphatic heterocycles. The van der Waals surface area contributed by atoms with E-state index < -0.39 is 24.2 Å². The minimum Gasteiger partial charge on any atom is -0.496 e. The van der Waals surface area contributed by atoms with Crippen LogP contribution in [0.25, 0.3) is 5.57 Å². The Kier molecular flexibility index (Phi) is 15.4. The van der Waals surface area contributed by atoms with Gasteiger partial charge in [0.1, 0.15) is 17.9 Å². The molecule has 1 saturated heterocycles. The van der Waals surface area contributed by atoms with Crippen molar-refractivity contribution in [3.05, 3.63) is 95.7 Å². The standard InChI is InChI=1S/C46H67N5O7/c1-29(50(8)20-21-52)22-33(18-19-41(55)47-36(27-49(6)7)23-32-14-11-10-12-15-32)37-17-13-16-34(44(37)57-9)26-51-43(42(31(3)54)40(28-53)58-51)45(56)48-39-25-35-24-38(30(39)2)46(35,4)5/h10-19,22,30-31,35-36,38-40,42-43,52-54H,1,20-21,23-28H2,2-9H3,(H,47,55)(H,48,56)/t30-,31-,35+,36-,38-,39-,40-,42+,43-/m0/s1. The molecule has 9 atom stereocenters. The van der Waals surface area contributed by atoms with Crippen molar-refractivity contribution in [3.8, 4) is 5.75 Å². The number of fused-ring (bicyclic) bond motifs is 2. The summed E-state index contributed by atoms with van der Waals surface area (Å²) < 4.78 is 6.09. The number of amides is 2. The number of rotatable bonds is 19. The molecule has 58 heavy (non-hydrogen) atoms. The van der Waals surface area contributed by atoms with E-state index in [2.05, 4.69) is 50.1 Å². The molecule has 2 aromatic rings. The van der Waals surface area contributed by atoms with Crippen molar-refractivity contribution in [3.63, 3.8) is 0 Å². The molecule has 2 aromatic carbocycles. The second-order valence-corrected chi connectivity index (χ2v) is 17.5. The number of ether oxygens (including phenoxy) is 1. The van der Waals surface area contributed by atoms with E-state index >= 15 is 0 Å². The molecule has 0 radical (unpaired) electrons. The summed E-state index contributed by atoms with van der Waals surface area (Å²) in [5, 5.41) is 39.1. The number of methoxy groups -OCH3 is 1. The minimum absolute atomic E-state index is 0.0112. The van der Waals surface area contributed by atoms with Gasteiger partial charge < -0.3 is 40.5 Å². The summed E-state index contributed by atoms with van der Waals surface area (Å²) in [6.45, 7) is 13.4. The number of nitrogens with one attached hydrogen (secondary N) is 2. The Bertz CT molecular complexity index is 1780. The number of carbonyl (C=O) groups is 2. The minimum atomic E-state index is -0.931. The van der Waals surface area contributed by atoms with Crippen LogP contribution in [-0.2, 0) is 27.4 Å². The lowest BCUT2D eigenvalue weighted by Crippen LogP contribution is -2.62. The lowest BCUT2D eigenvalue weighted by molar-refractivity contribution is -0.183. The maximum Gasteiger partial charge on any atom is 0.244 e. The smallest absolute Gasteiger partial charge is 0.244 e. The highest BCUT2D eigenvalue weighted by molar-refractivity contribution is 5.92. The summed E-state index contributed by atoms with van der Waals surface area (Å²) >= 11 is 0. The largest absolute Gasteiger partial charge is 0.496 e. The molecular weight excluding hydrogens is 735 g/mol. The second kappa shape index (κ2) is 19.8. The van der Waals surface area contributed by atoms with Gasteiger partial charge in [0, 0.05) is 61.0 Å². The lowest BCUT2D eigenvalue weighted by atomic mass is 9.45. The average molecular weight is 802 g/mol. The van der Waals surface area contributed by atoms with Gasteiger partial charge in [0.05, 0.1) is 33.0 Å². The van der Waals surface area contributed by atoms with Crippen molar-refractivity contribution in [2.75, 3.05) is 54.6 Å². The maximum atomic E-state index is 14.3. The van der Waals surface area contributed by atoms with Crippen LogP contribution in [0, 0.1) is 29.1 Å². The maximum absolute atomic E-state index is 14.3. The lowest BCUT2D eigenvalue weighted by Gasteiger charge is -2.62. The van der Waals surface area contributed by atoms with E-state index in [1.165, 1.54) is 12.5 Å². The molecule has 0 spiro atoms. The first-order chi connectivity index (χ1) is 27.6. The van der Waals surface area contributed by atoms with Crippen LogP contribution in [0.15, 0.2) is 79.0 Å². The van der Waals surface area contributed by atoms with Gasteiger partial charge in [0.2, 0.25) is 11.8 Å². The van der Waals surface area contributed by atoms with Gasteiger partial charge in [0.15, 0.2) is 0 Å². The van der Waals surface area contributed by atoms with Crippen molar-refractivity contribution in [2.24, 2.45) is 29.1 Å². The van der Waals surface area contributed by atoms with Crippen molar-refractivity contribution in [1.82, 2.24) is 25.5 Å². The number of hydrogen-bond donors (Lipinski definition) is 5. The molecule has 6 rings (SSSR count). The molecule has 2 bridgehead atoms. The highest BCUT2D eigenvalue weighted by Crippen LogP contribution is 2.61. The molecule has 3 saturated carbocycles. The molecule has 4 fully saturated rings. The monoisotopic (exact) mass is 802 g/mol. The van der Waals surface area contributed by atoms with Crippen LogP contribution in [0.4, 0.5) is 0 Å². The number of likely N-dealkylation sites (N-methyl/N-ethyl adjacent to an activating group) is 2. The Balaban J connectivity index is 1.44. The molecule has 5 N–H and O–H groups in total. The summed E-state index contributed by atoms with van der Waals surface area (Å²) in [5.74, 6) is 0.727. The number of nitrogens with zero attached hydrogens (tertiary/aromatic N) is 3. The van der Waals surface area contributed by atoms with Gasteiger partial charge >= 0.3 is 0 Å². The summed E-state index contributed by atoms with van der Waals surface area (Å²) in [6, 6.07) is 14.7. The molecule has 12 heteroatoms. The molecule has 4 aliphatic rings. The van der Waals surface area contributed by atoms with E-state index in [-0.39, 0.29) is 49.1 Å². The summed E-state index contributed by atoms with van der Waals surface area (Å²) in [5.41, 5.74) is 4.00. The first-order valence-electron chi connectivity index (χ1n) is 20.7. The van der Waals surface area contributed by atoms with Crippen LogP contribution in [0.1, 0.15) is 57.2 Å². The third-order valence-electron chi connectivity index (χ3n) is 12.9. The first kappa shape index (κ1) is 45.1. The Morgan fingerprint density at radius 3 is 2.41 bits per heavy atom. The number of benzene rings is 2. The molecule has 0 aromatic heterocycles. The third kappa shape index (κ3) is 10.4. The van der Waals surface area contributed by atoms with E-state index in [9.17, 15) is 24.9 Å². The molecule has 2 amide bonds. The summed E-state index contributed by atoms with van der Waals surface area (Å²) in [6.07, 6.45) is 6.12. The second-order valence-electron chi connectivity index (χ2n) is 17.5. The van der Waals surface area contributed by atoms with Gasteiger partial charge in [0.25, 0.3) is 0 Å². The summed E-state index contributed by atoms with van der Waals surface area (Å²) in [7, 11) is 7.35. The van der Waals surface area contributed by atoms with Gasteiger partial charge in [-0.2, -0.15) is 5.06 Å². The van der Waals surface area contributed by atoms with Gasteiger partial charge in [-0.3, -0.25) is 14.4 Å². The fourth-order valence-electron chi connectivity index (χ4n) is 9.54. The zero-order valence-electron chi connectivity index (χ0n) is 35.7. The van der Waals surface area contributed by atoms with E-state index in [4.69, 9.17) is 9.57 Å². The zero-order chi connectivity index (χ0) is 42.3. The SMILES string of the molecule is C=C(C=C(C=CC(=O)N[C@@H](Cc1ccccc1)CN(C)C)c1cccc(CN2O[C@@H](CO)[C@@H]([C@H](C)O)[C@H]2C(=O)N[C@H]2C[C@H]3C[C@@H]([C@@H]2C)C3(C)C)c1OC)N(C)CCO. The van der Waals surface area contributed by atoms with Crippen LogP contribution in [-0.4, -0.2) is 127 Å². The molecule has 318 valence electrons. The Morgan fingerprint density at radius 1 is 1.09 bits per heavy atom. The normalized spacial score (nSPS) is 26.6. The Hall–Kier alpha value is -4.04. The van der Waals surface area contributed by atoms with Crippen molar-refractivity contribution in [2.45, 2.75) is 83.8 Å². The quantitative estimate of drug-likeness (QED) is 0.104. The van der Waals surface area contributed by atoms with E-state index in [0.717, 1.165) is 12.0 Å². The molecule has 3 aliphatic carbocycles. The number of carbonyl (C=O) groups excluding carboxylic acids is 2. The van der Waals surface area contributed by atoms with Crippen molar-refractivity contribution < 1.29 is 34.5 Å². The van der Waals surface area contributed by atoms with Crippen molar-refractivity contribution >= 4 is 17.4 Å². The van der Waals surface area contributed by atoms with Crippen LogP contribution in [0.3, 0.4) is 0 Å². The first-order valence-corrected chi connectivity index (χ1v) is 20.7. The fraction of sp³-hybridized carbons (Fsp3) is 0.565. The van der Waals surface area contributed by atoms with Gasteiger partial charge in [-0.15, -0.1) is 0 Å². The number of aliphatic hydroxyl groups excluding tert-OH is 3. The van der Waals surface area contributed by atoms with Gasteiger partial charge in [-0.1, -0.05) is 75.9 Å². The van der Waals surface area contributed by atoms with Crippen LogP contribution < -0.4 is 15.4 Å². The third-order valence-corrected chi connectivity index (χ3v) is 12.9. The van der Waals surface area contributed by atoms with Crippen molar-refractivity contribution in [1.29, 1.82) is 0 Å². The number of allylic oxidation sites excluding steroid dienone is 3.